The second-order valence-electron chi connectivity index (χ2n) is 7.59. The predicted octanol–water partition coefficient (Wildman–Crippen LogP) is 3.03. The summed E-state index contributed by atoms with van der Waals surface area (Å²) in [6.45, 7) is 9.80. The third kappa shape index (κ3) is 4.94. The van der Waals surface area contributed by atoms with Crippen molar-refractivity contribution in [3.05, 3.63) is 0 Å². The normalized spacial score (nSPS) is 28.4. The van der Waals surface area contributed by atoms with Crippen molar-refractivity contribution in [2.24, 2.45) is 11.3 Å². The second kappa shape index (κ2) is 8.50. The number of likely N-dealkylation sites (tertiary alicyclic amines) is 1. The summed E-state index contributed by atoms with van der Waals surface area (Å²) in [4.78, 5) is 2.63. The van der Waals surface area contributed by atoms with Gasteiger partial charge in [0.15, 0.2) is 0 Å². The third-order valence-electron chi connectivity index (χ3n) is 5.84. The lowest BCUT2D eigenvalue weighted by Crippen LogP contribution is -2.48. The SMILES string of the molecule is CCCN1CCCC(C(C)NCC2(CO)CCCCC2)C1. The van der Waals surface area contributed by atoms with E-state index in [-0.39, 0.29) is 5.41 Å². The Bertz CT molecular complexity index is 287. The van der Waals surface area contributed by atoms with Gasteiger partial charge in [0.05, 0.1) is 0 Å². The zero-order chi connectivity index (χ0) is 15.1. The lowest BCUT2D eigenvalue weighted by Gasteiger charge is -2.40. The number of aliphatic hydroxyl groups is 1. The topological polar surface area (TPSA) is 35.5 Å². The number of hydrogen-bond donors (Lipinski definition) is 2. The molecule has 0 amide bonds. The van der Waals surface area contributed by atoms with Crippen molar-refractivity contribution in [2.75, 3.05) is 32.8 Å². The van der Waals surface area contributed by atoms with Crippen LogP contribution in [0.2, 0.25) is 0 Å². The van der Waals surface area contributed by atoms with Gasteiger partial charge < -0.3 is 15.3 Å². The molecule has 0 radical (unpaired) electrons. The smallest absolute Gasteiger partial charge is 0.0499 e. The maximum absolute atomic E-state index is 9.83. The van der Waals surface area contributed by atoms with Gasteiger partial charge in [0.2, 0.25) is 0 Å². The number of hydrogen-bond acceptors (Lipinski definition) is 3. The molecule has 2 unspecified atom stereocenters. The molecule has 3 heteroatoms. The molecular formula is C18H36N2O. The van der Waals surface area contributed by atoms with Crippen LogP contribution in [0.1, 0.15) is 65.2 Å². The monoisotopic (exact) mass is 296 g/mol. The van der Waals surface area contributed by atoms with E-state index in [2.05, 4.69) is 24.1 Å². The zero-order valence-electron chi connectivity index (χ0n) is 14.2. The number of nitrogens with zero attached hydrogens (tertiary/aromatic N) is 1. The lowest BCUT2D eigenvalue weighted by atomic mass is 9.74. The molecule has 1 saturated heterocycles. The molecular weight excluding hydrogens is 260 g/mol. The maximum Gasteiger partial charge on any atom is 0.0499 e. The molecule has 0 aromatic heterocycles. The molecule has 1 saturated carbocycles. The van der Waals surface area contributed by atoms with Gasteiger partial charge in [-0.3, -0.25) is 0 Å². The number of aliphatic hydroxyl groups excluding tert-OH is 1. The van der Waals surface area contributed by atoms with Gasteiger partial charge in [0.25, 0.3) is 0 Å². The van der Waals surface area contributed by atoms with Crippen molar-refractivity contribution in [1.29, 1.82) is 0 Å². The molecule has 0 spiro atoms. The molecule has 2 fully saturated rings. The Morgan fingerprint density at radius 3 is 2.67 bits per heavy atom. The van der Waals surface area contributed by atoms with Crippen LogP contribution in [0.4, 0.5) is 0 Å². The molecule has 1 heterocycles. The summed E-state index contributed by atoms with van der Waals surface area (Å²) in [5, 5.41) is 13.6. The molecule has 1 aliphatic carbocycles. The minimum atomic E-state index is 0.171. The fourth-order valence-electron chi connectivity index (χ4n) is 4.26. The average molecular weight is 296 g/mol. The quantitative estimate of drug-likeness (QED) is 0.758. The summed E-state index contributed by atoms with van der Waals surface area (Å²) in [6, 6.07) is 0.579. The van der Waals surface area contributed by atoms with Crippen LogP contribution >= 0.6 is 0 Å². The van der Waals surface area contributed by atoms with Gasteiger partial charge in [-0.2, -0.15) is 0 Å². The first-order valence-electron chi connectivity index (χ1n) is 9.26. The van der Waals surface area contributed by atoms with E-state index in [1.54, 1.807) is 0 Å². The first-order valence-corrected chi connectivity index (χ1v) is 9.26. The van der Waals surface area contributed by atoms with Gasteiger partial charge in [0, 0.05) is 31.2 Å². The van der Waals surface area contributed by atoms with E-state index in [0.29, 0.717) is 12.6 Å². The van der Waals surface area contributed by atoms with Crippen LogP contribution in [0, 0.1) is 11.3 Å². The van der Waals surface area contributed by atoms with Gasteiger partial charge in [-0.1, -0.05) is 26.2 Å². The Hall–Kier alpha value is -0.120. The van der Waals surface area contributed by atoms with E-state index in [9.17, 15) is 5.11 Å². The Balaban J connectivity index is 1.78. The van der Waals surface area contributed by atoms with Crippen molar-refractivity contribution in [3.8, 4) is 0 Å². The number of rotatable bonds is 7. The van der Waals surface area contributed by atoms with Crippen molar-refractivity contribution in [3.63, 3.8) is 0 Å². The van der Waals surface area contributed by atoms with Crippen LogP contribution < -0.4 is 5.32 Å². The van der Waals surface area contributed by atoms with Crippen LogP contribution in [0.5, 0.6) is 0 Å². The van der Waals surface area contributed by atoms with E-state index in [4.69, 9.17) is 0 Å². The van der Waals surface area contributed by atoms with Gasteiger partial charge in [-0.05, 0) is 58.0 Å². The highest BCUT2D eigenvalue weighted by molar-refractivity contribution is 4.87. The lowest BCUT2D eigenvalue weighted by molar-refractivity contribution is 0.0717. The van der Waals surface area contributed by atoms with Crippen LogP contribution in [-0.2, 0) is 0 Å². The molecule has 2 aliphatic rings. The third-order valence-corrected chi connectivity index (χ3v) is 5.84. The first kappa shape index (κ1) is 17.2. The van der Waals surface area contributed by atoms with Gasteiger partial charge in [-0.25, -0.2) is 0 Å². The van der Waals surface area contributed by atoms with E-state index in [0.717, 1.165) is 12.5 Å². The predicted molar refractivity (Wildman–Crippen MR) is 89.5 cm³/mol. The molecule has 0 bridgehead atoms. The minimum absolute atomic E-state index is 0.171. The molecule has 2 N–H and O–H groups in total. The summed E-state index contributed by atoms with van der Waals surface area (Å²) in [5.41, 5.74) is 0.171. The van der Waals surface area contributed by atoms with Gasteiger partial charge >= 0.3 is 0 Å². The van der Waals surface area contributed by atoms with E-state index in [1.165, 1.54) is 71.0 Å². The highest BCUT2D eigenvalue weighted by atomic mass is 16.3. The largest absolute Gasteiger partial charge is 0.396 e. The van der Waals surface area contributed by atoms with Crippen molar-refractivity contribution >= 4 is 0 Å². The summed E-state index contributed by atoms with van der Waals surface area (Å²) in [6.07, 6.45) is 10.3. The fourth-order valence-corrected chi connectivity index (χ4v) is 4.26. The van der Waals surface area contributed by atoms with Crippen molar-refractivity contribution in [2.45, 2.75) is 71.3 Å². The first-order chi connectivity index (χ1) is 10.2. The summed E-state index contributed by atoms with van der Waals surface area (Å²) in [7, 11) is 0. The molecule has 2 rings (SSSR count). The molecule has 0 aromatic rings. The van der Waals surface area contributed by atoms with Crippen LogP contribution in [0.15, 0.2) is 0 Å². The van der Waals surface area contributed by atoms with E-state index >= 15 is 0 Å². The zero-order valence-corrected chi connectivity index (χ0v) is 14.2. The molecule has 124 valence electrons. The standard InChI is InChI=1S/C18H36N2O/c1-3-11-20-12-7-8-17(13-20)16(2)19-14-18(15-21)9-5-4-6-10-18/h16-17,19,21H,3-15H2,1-2H3. The molecule has 1 aliphatic heterocycles. The van der Waals surface area contributed by atoms with Crippen LogP contribution in [-0.4, -0.2) is 48.8 Å². The van der Waals surface area contributed by atoms with E-state index < -0.39 is 0 Å². The van der Waals surface area contributed by atoms with Crippen LogP contribution in [0.25, 0.3) is 0 Å². The number of piperidine rings is 1. The molecule has 2 atom stereocenters. The molecule has 0 aromatic carbocycles. The Morgan fingerprint density at radius 2 is 2.00 bits per heavy atom. The minimum Gasteiger partial charge on any atom is -0.396 e. The Morgan fingerprint density at radius 1 is 1.24 bits per heavy atom. The highest BCUT2D eigenvalue weighted by Gasteiger charge is 2.32. The highest BCUT2D eigenvalue weighted by Crippen LogP contribution is 2.35. The Kier molecular flexibility index (Phi) is 6.97. The summed E-state index contributed by atoms with van der Waals surface area (Å²) >= 11 is 0. The second-order valence-corrected chi connectivity index (χ2v) is 7.59. The van der Waals surface area contributed by atoms with Gasteiger partial charge in [-0.15, -0.1) is 0 Å². The fraction of sp³-hybridized carbons (Fsp3) is 1.00. The van der Waals surface area contributed by atoms with Gasteiger partial charge in [0.1, 0.15) is 0 Å². The number of nitrogens with one attached hydrogen (secondary N) is 1. The molecule has 3 nitrogen and oxygen atoms in total. The summed E-state index contributed by atoms with van der Waals surface area (Å²) < 4.78 is 0. The molecule has 21 heavy (non-hydrogen) atoms. The van der Waals surface area contributed by atoms with Crippen molar-refractivity contribution < 1.29 is 5.11 Å². The van der Waals surface area contributed by atoms with Crippen molar-refractivity contribution in [1.82, 2.24) is 10.2 Å². The maximum atomic E-state index is 9.83. The van der Waals surface area contributed by atoms with E-state index in [1.807, 2.05) is 0 Å². The van der Waals surface area contributed by atoms with Crippen LogP contribution in [0.3, 0.4) is 0 Å². The average Bonchev–Trinajstić information content (AvgIpc) is 2.54. The summed E-state index contributed by atoms with van der Waals surface area (Å²) in [5.74, 6) is 0.782. The Labute approximate surface area is 131 Å².